The number of fused-ring (bicyclic) bond motifs is 1. The Bertz CT molecular complexity index is 662. The van der Waals surface area contributed by atoms with Crippen LogP contribution in [0.25, 0.3) is 0 Å². The Hall–Kier alpha value is -1.48. The number of hydrogen-bond acceptors (Lipinski definition) is 3. The van der Waals surface area contributed by atoms with Gasteiger partial charge >= 0.3 is 0 Å². The van der Waals surface area contributed by atoms with Crippen molar-refractivity contribution in [3.05, 3.63) is 51.5 Å². The van der Waals surface area contributed by atoms with E-state index in [9.17, 15) is 0 Å². The molecule has 3 rings (SSSR count). The maximum atomic E-state index is 4.92. The van der Waals surface area contributed by atoms with Gasteiger partial charge in [0.25, 0.3) is 0 Å². The summed E-state index contributed by atoms with van der Waals surface area (Å²) < 4.78 is 0. The van der Waals surface area contributed by atoms with Crippen molar-refractivity contribution < 1.29 is 0 Å². The van der Waals surface area contributed by atoms with Gasteiger partial charge in [-0.05, 0) is 44.4 Å². The third-order valence-corrected chi connectivity index (χ3v) is 5.53. The first-order chi connectivity index (χ1) is 9.97. The molecule has 0 amide bonds. The molecule has 0 bridgehead atoms. The zero-order valence-electron chi connectivity index (χ0n) is 13.3. The van der Waals surface area contributed by atoms with Crippen molar-refractivity contribution in [1.29, 1.82) is 0 Å². The van der Waals surface area contributed by atoms with Crippen molar-refractivity contribution in [3.63, 3.8) is 0 Å². The van der Waals surface area contributed by atoms with Crippen LogP contribution in [0.3, 0.4) is 0 Å². The quantitative estimate of drug-likeness (QED) is 0.825. The fraction of sp³-hybridized carbons (Fsp3) is 0.389. The van der Waals surface area contributed by atoms with Gasteiger partial charge in [-0.25, -0.2) is 0 Å². The second-order valence-corrected chi connectivity index (χ2v) is 7.08. The minimum atomic E-state index is 0.0894. The Kier molecular flexibility index (Phi) is 3.70. The van der Waals surface area contributed by atoms with E-state index in [1.54, 1.807) is 0 Å². The predicted octanol–water partition coefficient (Wildman–Crippen LogP) is 5.06. The van der Waals surface area contributed by atoms with Crippen LogP contribution >= 0.6 is 11.8 Å². The van der Waals surface area contributed by atoms with Crippen LogP contribution in [0.4, 0.5) is 5.69 Å². The molecule has 1 N–H and O–H groups in total. The number of rotatable bonds is 2. The summed E-state index contributed by atoms with van der Waals surface area (Å²) in [4.78, 5) is 6.29. The molecule has 2 unspecified atom stereocenters. The molecule has 0 radical (unpaired) electrons. The Morgan fingerprint density at radius 2 is 1.76 bits per heavy atom. The lowest BCUT2D eigenvalue weighted by Gasteiger charge is -2.19. The van der Waals surface area contributed by atoms with E-state index in [1.807, 2.05) is 11.8 Å². The average Bonchev–Trinajstić information content (AvgIpc) is 2.85. The van der Waals surface area contributed by atoms with Crippen molar-refractivity contribution >= 4 is 23.2 Å². The van der Waals surface area contributed by atoms with Crippen molar-refractivity contribution in [2.45, 2.75) is 40.1 Å². The molecular formula is C18H22N2S. The molecule has 0 saturated heterocycles. The lowest BCUT2D eigenvalue weighted by molar-refractivity contribution is 0.947. The minimum absolute atomic E-state index is 0.0894. The van der Waals surface area contributed by atoms with Gasteiger partial charge in [0.05, 0.1) is 5.71 Å². The molecule has 110 valence electrons. The number of anilines is 1. The Balaban J connectivity index is 1.89. The van der Waals surface area contributed by atoms with Crippen LogP contribution in [0.1, 0.15) is 31.9 Å². The summed E-state index contributed by atoms with van der Waals surface area (Å²) >= 11 is 1.85. The summed E-state index contributed by atoms with van der Waals surface area (Å²) in [7, 11) is 0. The van der Waals surface area contributed by atoms with E-state index < -0.39 is 0 Å². The van der Waals surface area contributed by atoms with E-state index in [0.29, 0.717) is 5.92 Å². The number of nitrogens with one attached hydrogen (secondary N) is 1. The molecule has 2 atom stereocenters. The molecule has 1 aromatic rings. The normalized spacial score (nSPS) is 24.6. The van der Waals surface area contributed by atoms with Crippen LogP contribution in [-0.4, -0.2) is 11.2 Å². The first-order valence-electron chi connectivity index (χ1n) is 7.44. The van der Waals surface area contributed by atoms with Gasteiger partial charge < -0.3 is 5.32 Å². The Morgan fingerprint density at radius 3 is 2.43 bits per heavy atom. The molecule has 0 aromatic heterocycles. The number of allylic oxidation sites excluding steroid dienone is 4. The molecule has 2 aliphatic rings. The largest absolute Gasteiger partial charge is 0.355 e. The SMILES string of the molecule is CC1=CC(C)C2=NC(Nc3c(C)cccc3C)SC2=C1C. The number of aliphatic imine (C=N–C) groups is 1. The van der Waals surface area contributed by atoms with Crippen LogP contribution < -0.4 is 5.32 Å². The number of aryl methyl sites for hydroxylation is 2. The van der Waals surface area contributed by atoms with Gasteiger partial charge in [0, 0.05) is 16.5 Å². The van der Waals surface area contributed by atoms with Gasteiger partial charge in [-0.15, -0.1) is 0 Å². The monoisotopic (exact) mass is 298 g/mol. The topological polar surface area (TPSA) is 24.4 Å². The number of hydrogen-bond donors (Lipinski definition) is 1. The van der Waals surface area contributed by atoms with E-state index >= 15 is 0 Å². The molecule has 0 fully saturated rings. The van der Waals surface area contributed by atoms with Gasteiger partial charge in [-0.2, -0.15) is 0 Å². The zero-order chi connectivity index (χ0) is 15.1. The third-order valence-electron chi connectivity index (χ3n) is 4.33. The molecular weight excluding hydrogens is 276 g/mol. The molecule has 3 heteroatoms. The lowest BCUT2D eigenvalue weighted by atomic mass is 9.91. The first kappa shape index (κ1) is 14.5. The van der Waals surface area contributed by atoms with E-state index in [-0.39, 0.29) is 5.50 Å². The van der Waals surface area contributed by atoms with Gasteiger partial charge in [0.15, 0.2) is 5.50 Å². The van der Waals surface area contributed by atoms with Gasteiger partial charge in [0.2, 0.25) is 0 Å². The maximum absolute atomic E-state index is 4.92. The summed E-state index contributed by atoms with van der Waals surface area (Å²) in [6.07, 6.45) is 2.32. The van der Waals surface area contributed by atoms with Crippen LogP contribution in [0.5, 0.6) is 0 Å². The summed E-state index contributed by atoms with van der Waals surface area (Å²) in [6, 6.07) is 6.40. The number of para-hydroxylation sites is 1. The number of benzene rings is 1. The van der Waals surface area contributed by atoms with E-state index in [0.717, 1.165) is 0 Å². The second kappa shape index (κ2) is 5.38. The van der Waals surface area contributed by atoms with Crippen molar-refractivity contribution in [1.82, 2.24) is 0 Å². The summed E-state index contributed by atoms with van der Waals surface area (Å²) in [5, 5.41) is 3.61. The van der Waals surface area contributed by atoms with Crippen molar-refractivity contribution in [2.75, 3.05) is 5.32 Å². The van der Waals surface area contributed by atoms with Crippen molar-refractivity contribution in [2.24, 2.45) is 10.9 Å². The Labute approximate surface area is 131 Å². The molecule has 21 heavy (non-hydrogen) atoms. The predicted molar refractivity (Wildman–Crippen MR) is 94.0 cm³/mol. The summed E-state index contributed by atoms with van der Waals surface area (Å²) in [5.41, 5.74) is 7.86. The van der Waals surface area contributed by atoms with Crippen LogP contribution in [0.15, 0.2) is 45.3 Å². The maximum Gasteiger partial charge on any atom is 0.171 e. The second-order valence-electron chi connectivity index (χ2n) is 5.99. The number of nitrogens with zero attached hydrogens (tertiary/aromatic N) is 1. The average molecular weight is 298 g/mol. The standard InChI is InChI=1S/C18H22N2S/c1-10-7-6-8-11(2)15(10)19-18-20-16-13(4)9-12(3)14(5)17(16)21-18/h6-9,13,18-19H,1-5H3. The van der Waals surface area contributed by atoms with E-state index in [1.165, 1.54) is 38.6 Å². The molecule has 1 aliphatic heterocycles. The highest BCUT2D eigenvalue weighted by atomic mass is 32.2. The fourth-order valence-corrected chi connectivity index (χ4v) is 4.24. The Morgan fingerprint density at radius 1 is 1.10 bits per heavy atom. The molecule has 1 aromatic carbocycles. The van der Waals surface area contributed by atoms with Gasteiger partial charge in [0.1, 0.15) is 0 Å². The first-order valence-corrected chi connectivity index (χ1v) is 8.32. The van der Waals surface area contributed by atoms with Gasteiger partial charge in [-0.1, -0.05) is 48.5 Å². The highest BCUT2D eigenvalue weighted by molar-refractivity contribution is 8.05. The summed E-state index contributed by atoms with van der Waals surface area (Å²) in [5.74, 6) is 0.418. The number of thioether (sulfide) groups is 1. The van der Waals surface area contributed by atoms with Crippen LogP contribution in [0, 0.1) is 19.8 Å². The highest BCUT2D eigenvalue weighted by Crippen LogP contribution is 2.42. The smallest absolute Gasteiger partial charge is 0.171 e. The van der Waals surface area contributed by atoms with E-state index in [4.69, 9.17) is 4.99 Å². The lowest BCUT2D eigenvalue weighted by Crippen LogP contribution is -2.14. The molecule has 1 aliphatic carbocycles. The molecule has 2 nitrogen and oxygen atoms in total. The third kappa shape index (κ3) is 2.55. The summed E-state index contributed by atoms with van der Waals surface area (Å²) in [6.45, 7) is 10.9. The molecule has 0 saturated carbocycles. The molecule has 1 heterocycles. The zero-order valence-corrected chi connectivity index (χ0v) is 14.1. The minimum Gasteiger partial charge on any atom is -0.355 e. The van der Waals surface area contributed by atoms with Crippen LogP contribution in [-0.2, 0) is 0 Å². The van der Waals surface area contributed by atoms with Crippen LogP contribution in [0.2, 0.25) is 0 Å². The molecule has 0 spiro atoms. The van der Waals surface area contributed by atoms with E-state index in [2.05, 4.69) is 64.2 Å². The highest BCUT2D eigenvalue weighted by Gasteiger charge is 2.31. The van der Waals surface area contributed by atoms with Crippen molar-refractivity contribution in [3.8, 4) is 0 Å². The van der Waals surface area contributed by atoms with Gasteiger partial charge in [-0.3, -0.25) is 4.99 Å². The fourth-order valence-electron chi connectivity index (χ4n) is 2.97.